The normalized spacial score (nSPS) is 19.2. The molecule has 2 aliphatic rings. The Labute approximate surface area is 199 Å². The average molecular weight is 454 g/mol. The summed E-state index contributed by atoms with van der Waals surface area (Å²) in [6.45, 7) is 1.95. The number of amides is 1. The Morgan fingerprint density at radius 3 is 2.35 bits per heavy atom. The Morgan fingerprint density at radius 1 is 0.941 bits per heavy atom. The van der Waals surface area contributed by atoms with E-state index in [9.17, 15) is 14.7 Å². The standard InChI is InChI=1S/C29H27NO4/c1-18-7-3-6-10-24(18)26-25(27(31)21-12-11-19-8-4-5-9-20(19)17-21)28(32)29(33)30(26)22-13-15-23(34-2)16-14-22/h3,6-7,10-17,26,31H,4-5,8-9H2,1-2H3/b27-25+. The van der Waals surface area contributed by atoms with Crippen LogP contribution in [-0.4, -0.2) is 23.9 Å². The molecule has 34 heavy (non-hydrogen) atoms. The summed E-state index contributed by atoms with van der Waals surface area (Å²) < 4.78 is 5.25. The molecule has 3 aromatic rings. The minimum Gasteiger partial charge on any atom is -0.507 e. The van der Waals surface area contributed by atoms with E-state index in [1.165, 1.54) is 22.4 Å². The molecule has 0 radical (unpaired) electrons. The Balaban J connectivity index is 1.69. The molecule has 1 fully saturated rings. The van der Waals surface area contributed by atoms with Gasteiger partial charge in [-0.3, -0.25) is 14.5 Å². The molecule has 0 aromatic heterocycles. The number of carbonyl (C=O) groups is 2. The maximum Gasteiger partial charge on any atom is 0.300 e. The third-order valence-electron chi connectivity index (χ3n) is 6.90. The quantitative estimate of drug-likeness (QED) is 0.321. The number of aliphatic hydroxyl groups is 1. The number of anilines is 1. The van der Waals surface area contributed by atoms with E-state index in [1.54, 1.807) is 31.4 Å². The monoisotopic (exact) mass is 453 g/mol. The summed E-state index contributed by atoms with van der Waals surface area (Å²) in [6, 6.07) is 19.8. The number of rotatable bonds is 4. The van der Waals surface area contributed by atoms with Crippen LogP contribution in [0.5, 0.6) is 5.75 Å². The molecule has 1 aliphatic heterocycles. The van der Waals surface area contributed by atoms with Crippen molar-refractivity contribution in [2.75, 3.05) is 12.0 Å². The van der Waals surface area contributed by atoms with Crippen LogP contribution >= 0.6 is 0 Å². The number of methoxy groups -OCH3 is 1. The van der Waals surface area contributed by atoms with Crippen LogP contribution in [0.2, 0.25) is 0 Å². The highest BCUT2D eigenvalue weighted by atomic mass is 16.5. The molecule has 1 saturated heterocycles. The zero-order chi connectivity index (χ0) is 23.8. The molecule has 1 N–H and O–H groups in total. The van der Waals surface area contributed by atoms with Gasteiger partial charge in [0.15, 0.2) is 0 Å². The van der Waals surface area contributed by atoms with Gasteiger partial charge in [0, 0.05) is 11.3 Å². The van der Waals surface area contributed by atoms with E-state index in [2.05, 4.69) is 0 Å². The van der Waals surface area contributed by atoms with Gasteiger partial charge in [0.05, 0.1) is 18.7 Å². The summed E-state index contributed by atoms with van der Waals surface area (Å²) in [6.07, 6.45) is 4.26. The number of aliphatic hydroxyl groups excluding tert-OH is 1. The van der Waals surface area contributed by atoms with E-state index < -0.39 is 17.7 Å². The first-order valence-electron chi connectivity index (χ1n) is 11.6. The lowest BCUT2D eigenvalue weighted by molar-refractivity contribution is -0.132. The summed E-state index contributed by atoms with van der Waals surface area (Å²) in [5, 5.41) is 11.4. The lowest BCUT2D eigenvalue weighted by Gasteiger charge is -2.27. The van der Waals surface area contributed by atoms with Gasteiger partial charge in [-0.15, -0.1) is 0 Å². The smallest absolute Gasteiger partial charge is 0.300 e. The second kappa shape index (κ2) is 8.82. The molecule has 1 aliphatic carbocycles. The van der Waals surface area contributed by atoms with Crippen LogP contribution in [0, 0.1) is 6.92 Å². The minimum atomic E-state index is -0.731. The molecule has 1 atom stereocenters. The molecule has 0 saturated carbocycles. The summed E-state index contributed by atoms with van der Waals surface area (Å²) in [4.78, 5) is 28.2. The van der Waals surface area contributed by atoms with Crippen LogP contribution in [0.1, 0.15) is 46.7 Å². The molecule has 0 bridgehead atoms. The van der Waals surface area contributed by atoms with E-state index in [-0.39, 0.29) is 11.3 Å². The number of Topliss-reactive ketones (excluding diaryl/α,β-unsaturated/α-hetero) is 1. The first kappa shape index (κ1) is 22.0. The maximum absolute atomic E-state index is 13.4. The lowest BCUT2D eigenvalue weighted by atomic mass is 9.88. The van der Waals surface area contributed by atoms with Gasteiger partial charge in [-0.05, 0) is 85.2 Å². The SMILES string of the molecule is COc1ccc(N2C(=O)C(=O)/C(=C(/O)c3ccc4c(c3)CCCC4)C2c2ccccc2C)cc1. The zero-order valence-corrected chi connectivity index (χ0v) is 19.4. The van der Waals surface area contributed by atoms with Gasteiger partial charge < -0.3 is 9.84 Å². The van der Waals surface area contributed by atoms with Crippen LogP contribution < -0.4 is 9.64 Å². The van der Waals surface area contributed by atoms with Crippen LogP contribution in [0.15, 0.2) is 72.3 Å². The number of hydrogen-bond donors (Lipinski definition) is 1. The lowest BCUT2D eigenvalue weighted by Crippen LogP contribution is -2.29. The van der Waals surface area contributed by atoms with Crippen molar-refractivity contribution in [3.63, 3.8) is 0 Å². The number of benzene rings is 3. The molecule has 1 amide bonds. The third-order valence-corrected chi connectivity index (χ3v) is 6.90. The maximum atomic E-state index is 13.4. The van der Waals surface area contributed by atoms with Gasteiger partial charge >= 0.3 is 0 Å². The van der Waals surface area contributed by atoms with Crippen LogP contribution in [0.3, 0.4) is 0 Å². The topological polar surface area (TPSA) is 66.8 Å². The number of hydrogen-bond acceptors (Lipinski definition) is 4. The first-order valence-corrected chi connectivity index (χ1v) is 11.6. The molecule has 5 nitrogen and oxygen atoms in total. The van der Waals surface area contributed by atoms with Crippen molar-refractivity contribution in [1.82, 2.24) is 0 Å². The van der Waals surface area contributed by atoms with Gasteiger partial charge in [0.2, 0.25) is 0 Å². The van der Waals surface area contributed by atoms with Crippen molar-refractivity contribution in [2.24, 2.45) is 0 Å². The predicted molar refractivity (Wildman–Crippen MR) is 132 cm³/mol. The highest BCUT2D eigenvalue weighted by molar-refractivity contribution is 6.51. The number of fused-ring (bicyclic) bond motifs is 1. The van der Waals surface area contributed by atoms with E-state index in [1.807, 2.05) is 49.4 Å². The largest absolute Gasteiger partial charge is 0.507 e. The summed E-state index contributed by atoms with van der Waals surface area (Å²) >= 11 is 0. The van der Waals surface area contributed by atoms with Gasteiger partial charge in [-0.2, -0.15) is 0 Å². The number of carbonyl (C=O) groups excluding carboxylic acids is 2. The third kappa shape index (κ3) is 3.67. The molecular formula is C29H27NO4. The fourth-order valence-electron chi connectivity index (χ4n) is 5.07. The molecule has 3 aromatic carbocycles. The average Bonchev–Trinajstić information content (AvgIpc) is 3.13. The first-order chi connectivity index (χ1) is 16.5. The van der Waals surface area contributed by atoms with Crippen molar-refractivity contribution in [2.45, 2.75) is 38.6 Å². The fraction of sp³-hybridized carbons (Fsp3) is 0.241. The van der Waals surface area contributed by atoms with E-state index in [0.717, 1.165) is 30.4 Å². The van der Waals surface area contributed by atoms with Crippen LogP contribution in [-0.2, 0) is 22.4 Å². The molecule has 5 heteroatoms. The number of nitrogens with zero attached hydrogens (tertiary/aromatic N) is 1. The number of aryl methyl sites for hydroxylation is 3. The van der Waals surface area contributed by atoms with Crippen molar-refractivity contribution >= 4 is 23.1 Å². The fourth-order valence-corrected chi connectivity index (χ4v) is 5.07. The van der Waals surface area contributed by atoms with E-state index in [4.69, 9.17) is 4.74 Å². The van der Waals surface area contributed by atoms with Gasteiger partial charge in [-0.25, -0.2) is 0 Å². The molecular weight excluding hydrogens is 426 g/mol. The Kier molecular flexibility index (Phi) is 5.70. The number of ketones is 1. The van der Waals surface area contributed by atoms with Gasteiger partial charge in [0.25, 0.3) is 11.7 Å². The summed E-state index contributed by atoms with van der Waals surface area (Å²) in [5.74, 6) is -0.810. The minimum absolute atomic E-state index is 0.117. The van der Waals surface area contributed by atoms with Crippen molar-refractivity contribution in [3.05, 3.63) is 100 Å². The van der Waals surface area contributed by atoms with Crippen molar-refractivity contribution in [1.29, 1.82) is 0 Å². The summed E-state index contributed by atoms with van der Waals surface area (Å²) in [5.41, 5.74) is 5.49. The second-order valence-electron chi connectivity index (χ2n) is 8.91. The Bertz CT molecular complexity index is 1310. The highest BCUT2D eigenvalue weighted by Gasteiger charge is 2.47. The van der Waals surface area contributed by atoms with Crippen LogP contribution in [0.4, 0.5) is 5.69 Å². The highest BCUT2D eigenvalue weighted by Crippen LogP contribution is 2.43. The van der Waals surface area contributed by atoms with Crippen molar-refractivity contribution < 1.29 is 19.4 Å². The van der Waals surface area contributed by atoms with Gasteiger partial charge in [0.1, 0.15) is 11.5 Å². The molecule has 1 unspecified atom stereocenters. The molecule has 172 valence electrons. The van der Waals surface area contributed by atoms with Crippen LogP contribution in [0.25, 0.3) is 5.76 Å². The molecule has 1 heterocycles. The number of ether oxygens (including phenoxy) is 1. The van der Waals surface area contributed by atoms with E-state index in [0.29, 0.717) is 17.0 Å². The predicted octanol–water partition coefficient (Wildman–Crippen LogP) is 5.51. The molecule has 5 rings (SSSR count). The zero-order valence-electron chi connectivity index (χ0n) is 19.4. The Hall–Kier alpha value is -3.86. The second-order valence-corrected chi connectivity index (χ2v) is 8.91. The van der Waals surface area contributed by atoms with Gasteiger partial charge in [-0.1, -0.05) is 36.4 Å². The van der Waals surface area contributed by atoms with E-state index >= 15 is 0 Å². The van der Waals surface area contributed by atoms with Crippen molar-refractivity contribution in [3.8, 4) is 5.75 Å². The Morgan fingerprint density at radius 2 is 1.65 bits per heavy atom. The molecule has 0 spiro atoms. The summed E-state index contributed by atoms with van der Waals surface area (Å²) in [7, 11) is 1.58.